The van der Waals surface area contributed by atoms with E-state index in [-0.39, 0.29) is 35.8 Å². The van der Waals surface area contributed by atoms with E-state index in [0.29, 0.717) is 19.0 Å². The fourth-order valence-corrected chi connectivity index (χ4v) is 3.24. The number of hydrogen-bond donors (Lipinski definition) is 3. The minimum Gasteiger partial charge on any atom is -0.507 e. The summed E-state index contributed by atoms with van der Waals surface area (Å²) in [6.07, 6.45) is 1.49. The first-order valence-corrected chi connectivity index (χ1v) is 8.65. The van der Waals surface area contributed by atoms with Gasteiger partial charge in [-0.3, -0.25) is 4.79 Å². The highest BCUT2D eigenvalue weighted by Gasteiger charge is 2.35. The topological polar surface area (TPSA) is 110 Å². The fourth-order valence-electron chi connectivity index (χ4n) is 3.24. The summed E-state index contributed by atoms with van der Waals surface area (Å²) in [5, 5.41) is 30.5. The molecule has 1 heterocycles. The molecule has 1 amide bonds. The van der Waals surface area contributed by atoms with Gasteiger partial charge < -0.3 is 24.8 Å². The lowest BCUT2D eigenvalue weighted by Crippen LogP contribution is -2.44. The van der Waals surface area contributed by atoms with E-state index in [1.54, 1.807) is 25.3 Å². The molecule has 3 rings (SSSR count). The van der Waals surface area contributed by atoms with Gasteiger partial charge in [0.15, 0.2) is 5.82 Å². The van der Waals surface area contributed by atoms with E-state index >= 15 is 0 Å². The molecule has 0 aliphatic heterocycles. The second-order valence-corrected chi connectivity index (χ2v) is 6.64. The number of nitrogens with zero attached hydrogens (tertiary/aromatic N) is 3. The summed E-state index contributed by atoms with van der Waals surface area (Å²) in [6.45, 7) is 2.78. The third-order valence-electron chi connectivity index (χ3n) is 4.75. The van der Waals surface area contributed by atoms with Crippen molar-refractivity contribution in [1.82, 2.24) is 20.1 Å². The summed E-state index contributed by atoms with van der Waals surface area (Å²) in [6, 6.07) is 5.03. The molecule has 0 unspecified atom stereocenters. The van der Waals surface area contributed by atoms with Gasteiger partial charge in [0.1, 0.15) is 18.2 Å². The van der Waals surface area contributed by atoms with E-state index in [9.17, 15) is 15.0 Å². The van der Waals surface area contributed by atoms with Crippen LogP contribution in [-0.2, 0) is 17.9 Å². The van der Waals surface area contributed by atoms with Crippen LogP contribution in [0.2, 0.25) is 0 Å². The smallest absolute Gasteiger partial charge is 0.255 e. The van der Waals surface area contributed by atoms with Crippen LogP contribution in [0.25, 0.3) is 0 Å². The maximum absolute atomic E-state index is 12.3. The zero-order chi connectivity index (χ0) is 18.7. The first-order chi connectivity index (χ1) is 12.5. The normalized spacial score (nSPS) is 19.2. The summed E-state index contributed by atoms with van der Waals surface area (Å²) in [7, 11) is 1.62. The Morgan fingerprint density at radius 2 is 2.15 bits per heavy atom. The van der Waals surface area contributed by atoms with E-state index in [1.165, 1.54) is 0 Å². The Morgan fingerprint density at radius 3 is 2.81 bits per heavy atom. The molecule has 3 N–H and O–H groups in total. The van der Waals surface area contributed by atoms with Gasteiger partial charge in [-0.05, 0) is 37.5 Å². The number of carbonyl (C=O) groups is 1. The number of aryl methyl sites for hydroxylation is 1. The molecule has 0 spiro atoms. The van der Waals surface area contributed by atoms with Crippen LogP contribution in [0.1, 0.15) is 46.3 Å². The van der Waals surface area contributed by atoms with Crippen molar-refractivity contribution in [3.8, 4) is 5.75 Å². The van der Waals surface area contributed by atoms with Gasteiger partial charge in [-0.2, -0.15) is 0 Å². The van der Waals surface area contributed by atoms with Crippen molar-refractivity contribution < 1.29 is 19.7 Å². The van der Waals surface area contributed by atoms with Gasteiger partial charge in [0, 0.05) is 25.6 Å². The molecule has 0 saturated heterocycles. The van der Waals surface area contributed by atoms with Gasteiger partial charge in [-0.25, -0.2) is 0 Å². The number of aliphatic hydroxyl groups is 1. The highest BCUT2D eigenvalue weighted by atomic mass is 16.5. The summed E-state index contributed by atoms with van der Waals surface area (Å²) in [5.41, 5.74) is 1.18. The van der Waals surface area contributed by atoms with Gasteiger partial charge >= 0.3 is 0 Å². The Bertz CT molecular complexity index is 783. The molecule has 1 saturated carbocycles. The van der Waals surface area contributed by atoms with Crippen molar-refractivity contribution in [2.45, 2.75) is 44.9 Å². The van der Waals surface area contributed by atoms with Crippen LogP contribution in [0.3, 0.4) is 0 Å². The van der Waals surface area contributed by atoms with Crippen molar-refractivity contribution in [3.63, 3.8) is 0 Å². The molecule has 8 nitrogen and oxygen atoms in total. The van der Waals surface area contributed by atoms with Crippen molar-refractivity contribution in [1.29, 1.82) is 0 Å². The minimum absolute atomic E-state index is 0.00901. The fraction of sp³-hybridized carbons (Fsp3) is 0.500. The Balaban J connectivity index is 1.60. The number of methoxy groups -OCH3 is 1. The lowest BCUT2D eigenvalue weighted by Gasteiger charge is -2.35. The average Bonchev–Trinajstić information content (AvgIpc) is 2.97. The van der Waals surface area contributed by atoms with Gasteiger partial charge in [0.05, 0.1) is 12.2 Å². The van der Waals surface area contributed by atoms with Crippen LogP contribution < -0.4 is 5.32 Å². The Morgan fingerprint density at radius 1 is 1.38 bits per heavy atom. The largest absolute Gasteiger partial charge is 0.507 e. The van der Waals surface area contributed by atoms with Crippen LogP contribution in [0.5, 0.6) is 5.75 Å². The van der Waals surface area contributed by atoms with E-state index in [4.69, 9.17) is 4.74 Å². The molecule has 1 aromatic heterocycles. The van der Waals surface area contributed by atoms with Gasteiger partial charge in [-0.15, -0.1) is 10.2 Å². The number of amides is 1. The van der Waals surface area contributed by atoms with Crippen LogP contribution in [-0.4, -0.2) is 50.6 Å². The second kappa shape index (κ2) is 7.84. The molecule has 0 atom stereocenters. The molecule has 1 fully saturated rings. The molecule has 8 heteroatoms. The van der Waals surface area contributed by atoms with E-state index in [0.717, 1.165) is 24.2 Å². The van der Waals surface area contributed by atoms with Crippen LogP contribution in [0.15, 0.2) is 18.2 Å². The second-order valence-electron chi connectivity index (χ2n) is 6.64. The number of aromatic nitrogens is 3. The molecule has 1 aliphatic rings. The maximum Gasteiger partial charge on any atom is 0.255 e. The minimum atomic E-state index is -0.275. The number of benzene rings is 1. The molecule has 1 aromatic carbocycles. The van der Waals surface area contributed by atoms with Crippen LogP contribution in [0, 0.1) is 6.92 Å². The summed E-state index contributed by atoms with van der Waals surface area (Å²) in [4.78, 5) is 12.3. The predicted octanol–water partition coefficient (Wildman–Crippen LogP) is 1.11. The molecular weight excluding hydrogens is 336 g/mol. The predicted molar refractivity (Wildman–Crippen MR) is 93.9 cm³/mol. The van der Waals surface area contributed by atoms with Gasteiger partial charge in [0.25, 0.3) is 5.91 Å². The number of hydrogen-bond acceptors (Lipinski definition) is 6. The van der Waals surface area contributed by atoms with E-state index < -0.39 is 0 Å². The highest BCUT2D eigenvalue weighted by molar-refractivity contribution is 5.97. The average molecular weight is 360 g/mol. The monoisotopic (exact) mass is 360 g/mol. The molecule has 1 aliphatic carbocycles. The molecule has 26 heavy (non-hydrogen) atoms. The van der Waals surface area contributed by atoms with Crippen molar-refractivity contribution in [3.05, 3.63) is 41.0 Å². The first kappa shape index (κ1) is 18.3. The molecular formula is C18H24N4O4. The first-order valence-electron chi connectivity index (χ1n) is 8.65. The standard InChI is InChI=1S/C18H24N4O4/c1-11-3-4-14(15(24)7-11)18(25)19-13-8-12(9-13)17-21-20-16(10-23)22(17)5-6-26-2/h3-4,7,12-13,23-24H,5-6,8-10H2,1-2H3,(H,19,25). The number of aliphatic hydroxyl groups excluding tert-OH is 1. The van der Waals surface area contributed by atoms with E-state index in [2.05, 4.69) is 15.5 Å². The number of phenols is 1. The van der Waals surface area contributed by atoms with Crippen LogP contribution >= 0.6 is 0 Å². The van der Waals surface area contributed by atoms with Gasteiger partial charge in [0.2, 0.25) is 0 Å². The zero-order valence-corrected chi connectivity index (χ0v) is 15.0. The third kappa shape index (κ3) is 3.71. The Kier molecular flexibility index (Phi) is 5.53. The number of carbonyl (C=O) groups excluding carboxylic acids is 1. The lowest BCUT2D eigenvalue weighted by atomic mass is 9.79. The quantitative estimate of drug-likeness (QED) is 0.682. The lowest BCUT2D eigenvalue weighted by molar-refractivity contribution is 0.0903. The molecule has 0 bridgehead atoms. The Labute approximate surface area is 151 Å². The van der Waals surface area contributed by atoms with E-state index in [1.807, 2.05) is 11.5 Å². The van der Waals surface area contributed by atoms with Crippen LogP contribution in [0.4, 0.5) is 0 Å². The summed E-state index contributed by atoms with van der Waals surface area (Å²) in [5.74, 6) is 1.23. The number of ether oxygens (including phenoxy) is 1. The van der Waals surface area contributed by atoms with Crippen molar-refractivity contribution in [2.75, 3.05) is 13.7 Å². The SMILES string of the molecule is COCCn1c(CO)nnc1C1CC(NC(=O)c2ccc(C)cc2O)C1. The summed E-state index contributed by atoms with van der Waals surface area (Å²) >= 11 is 0. The third-order valence-corrected chi connectivity index (χ3v) is 4.75. The number of aromatic hydroxyl groups is 1. The number of rotatable bonds is 7. The molecule has 2 aromatic rings. The number of nitrogens with one attached hydrogen (secondary N) is 1. The van der Waals surface area contributed by atoms with Gasteiger partial charge in [-0.1, -0.05) is 6.07 Å². The zero-order valence-electron chi connectivity index (χ0n) is 15.0. The maximum atomic E-state index is 12.3. The van der Waals surface area contributed by atoms with Crippen molar-refractivity contribution >= 4 is 5.91 Å². The highest BCUT2D eigenvalue weighted by Crippen LogP contribution is 2.36. The molecule has 140 valence electrons. The molecule has 0 radical (unpaired) electrons. The number of phenolic OH excluding ortho intramolecular Hbond substituents is 1. The summed E-state index contributed by atoms with van der Waals surface area (Å²) < 4.78 is 6.99. The van der Waals surface area contributed by atoms with Crippen molar-refractivity contribution in [2.24, 2.45) is 0 Å². The Hall–Kier alpha value is -2.45.